The summed E-state index contributed by atoms with van der Waals surface area (Å²) in [6.45, 7) is 6.66. The Morgan fingerprint density at radius 1 is 1.03 bits per heavy atom. The number of benzene rings is 2. The Bertz CT molecular complexity index is 1000. The number of nitrogens with zero attached hydrogens (tertiary/aromatic N) is 1. The summed E-state index contributed by atoms with van der Waals surface area (Å²) < 4.78 is 11.7. The lowest BCUT2D eigenvalue weighted by Gasteiger charge is -2.12. The topological polar surface area (TPSA) is 86.5 Å². The minimum atomic E-state index is -0.323. The molecule has 0 unspecified atom stereocenters. The van der Waals surface area contributed by atoms with Gasteiger partial charge in [0.15, 0.2) is 0 Å². The van der Waals surface area contributed by atoms with E-state index in [-0.39, 0.29) is 11.7 Å². The predicted octanol–water partition coefficient (Wildman–Crippen LogP) is 5.05. The number of carbonyl (C=O) groups excluding carboxylic acids is 1. The summed E-state index contributed by atoms with van der Waals surface area (Å²) in [7, 11) is 0. The maximum atomic E-state index is 12.5. The van der Waals surface area contributed by atoms with Crippen molar-refractivity contribution in [1.82, 2.24) is 4.98 Å². The minimum Gasteiger partial charge on any atom is -0.493 e. The molecule has 1 amide bonds. The summed E-state index contributed by atoms with van der Waals surface area (Å²) in [6, 6.07) is 18.0. The van der Waals surface area contributed by atoms with Crippen molar-refractivity contribution in [3.8, 4) is 17.2 Å². The zero-order valence-corrected chi connectivity index (χ0v) is 16.8. The molecule has 0 aliphatic carbocycles. The lowest BCUT2D eigenvalue weighted by molar-refractivity contribution is 0.102. The molecule has 0 bridgehead atoms. The van der Waals surface area contributed by atoms with Crippen LogP contribution in [0.3, 0.4) is 0 Å². The number of ether oxygens (including phenoxy) is 2. The number of carbonyl (C=O) groups is 1. The van der Waals surface area contributed by atoms with Gasteiger partial charge in [0.1, 0.15) is 23.1 Å². The maximum absolute atomic E-state index is 12.5. The monoisotopic (exact) mass is 391 g/mol. The molecule has 0 aliphatic heterocycles. The maximum Gasteiger partial charge on any atom is 0.259 e. The Balaban J connectivity index is 1.70. The largest absolute Gasteiger partial charge is 0.493 e. The van der Waals surface area contributed by atoms with Gasteiger partial charge in [-0.1, -0.05) is 26.0 Å². The number of aryl methyl sites for hydroxylation is 1. The molecule has 0 radical (unpaired) electrons. The fraction of sp³-hybridized carbons (Fsp3) is 0.217. The van der Waals surface area contributed by atoms with E-state index in [1.807, 2.05) is 37.3 Å². The van der Waals surface area contributed by atoms with Gasteiger partial charge in [-0.2, -0.15) is 0 Å². The highest BCUT2D eigenvalue weighted by molar-refractivity contribution is 6.07. The van der Waals surface area contributed by atoms with Gasteiger partial charge in [0.05, 0.1) is 12.2 Å². The van der Waals surface area contributed by atoms with E-state index in [0.717, 1.165) is 11.4 Å². The quantitative estimate of drug-likeness (QED) is 0.588. The molecule has 29 heavy (non-hydrogen) atoms. The van der Waals surface area contributed by atoms with Crippen LogP contribution in [-0.4, -0.2) is 17.5 Å². The summed E-state index contributed by atoms with van der Waals surface area (Å²) >= 11 is 0. The van der Waals surface area contributed by atoms with Crippen LogP contribution in [0, 0.1) is 12.8 Å². The first-order valence-electron chi connectivity index (χ1n) is 9.46. The molecule has 0 saturated carbocycles. The molecule has 6 heteroatoms. The van der Waals surface area contributed by atoms with E-state index >= 15 is 0 Å². The molecule has 0 atom stereocenters. The summed E-state index contributed by atoms with van der Waals surface area (Å²) in [5, 5.41) is 2.83. The predicted molar refractivity (Wildman–Crippen MR) is 115 cm³/mol. The van der Waals surface area contributed by atoms with E-state index in [4.69, 9.17) is 15.2 Å². The second-order valence-corrected chi connectivity index (χ2v) is 7.15. The van der Waals surface area contributed by atoms with E-state index in [2.05, 4.69) is 24.1 Å². The smallest absolute Gasteiger partial charge is 0.259 e. The molecule has 6 nitrogen and oxygen atoms in total. The van der Waals surface area contributed by atoms with Crippen LogP contribution in [0.2, 0.25) is 0 Å². The Hall–Kier alpha value is -3.54. The molecule has 3 aromatic rings. The highest BCUT2D eigenvalue weighted by Gasteiger charge is 2.12. The number of rotatable bonds is 7. The second-order valence-electron chi connectivity index (χ2n) is 7.15. The van der Waals surface area contributed by atoms with Crippen molar-refractivity contribution in [2.24, 2.45) is 5.92 Å². The van der Waals surface area contributed by atoms with Crippen molar-refractivity contribution >= 4 is 17.4 Å². The third kappa shape index (κ3) is 5.72. The molecule has 0 fully saturated rings. The van der Waals surface area contributed by atoms with Crippen molar-refractivity contribution in [1.29, 1.82) is 0 Å². The summed E-state index contributed by atoms with van der Waals surface area (Å²) in [6.07, 6.45) is 0. The normalized spacial score (nSPS) is 10.6. The van der Waals surface area contributed by atoms with Gasteiger partial charge in [-0.25, -0.2) is 4.98 Å². The molecule has 0 aliphatic rings. The van der Waals surface area contributed by atoms with Crippen LogP contribution >= 0.6 is 0 Å². The number of pyridine rings is 1. The van der Waals surface area contributed by atoms with Crippen LogP contribution in [0.15, 0.2) is 60.7 Å². The summed E-state index contributed by atoms with van der Waals surface area (Å²) in [5.74, 6) is 2.32. The van der Waals surface area contributed by atoms with Gasteiger partial charge in [-0.15, -0.1) is 0 Å². The summed E-state index contributed by atoms with van der Waals surface area (Å²) in [5.41, 5.74) is 7.54. The number of nitrogens with two attached hydrogens (primary N) is 1. The zero-order chi connectivity index (χ0) is 20.8. The fourth-order valence-electron chi connectivity index (χ4n) is 2.63. The van der Waals surface area contributed by atoms with Crippen molar-refractivity contribution < 1.29 is 14.3 Å². The first kappa shape index (κ1) is 20.2. The highest BCUT2D eigenvalue weighted by Crippen LogP contribution is 2.27. The van der Waals surface area contributed by atoms with E-state index in [1.54, 1.807) is 30.3 Å². The number of nitrogen functional groups attached to an aromatic ring is 1. The Morgan fingerprint density at radius 3 is 2.45 bits per heavy atom. The van der Waals surface area contributed by atoms with Gasteiger partial charge in [0, 0.05) is 23.5 Å². The van der Waals surface area contributed by atoms with Crippen molar-refractivity contribution in [3.05, 3.63) is 71.9 Å². The van der Waals surface area contributed by atoms with Gasteiger partial charge in [0.25, 0.3) is 5.91 Å². The van der Waals surface area contributed by atoms with Gasteiger partial charge in [-0.3, -0.25) is 4.79 Å². The number of aromatic nitrogens is 1. The van der Waals surface area contributed by atoms with Crippen LogP contribution in [0.5, 0.6) is 17.2 Å². The molecule has 150 valence electrons. The first-order valence-corrected chi connectivity index (χ1v) is 9.46. The first-order chi connectivity index (χ1) is 13.9. The average Bonchev–Trinajstić information content (AvgIpc) is 2.67. The van der Waals surface area contributed by atoms with E-state index in [0.29, 0.717) is 35.3 Å². The molecule has 0 saturated heterocycles. The van der Waals surface area contributed by atoms with Crippen molar-refractivity contribution in [3.63, 3.8) is 0 Å². The molecule has 2 aromatic carbocycles. The lowest BCUT2D eigenvalue weighted by atomic mass is 10.2. The van der Waals surface area contributed by atoms with Gasteiger partial charge in [0.2, 0.25) is 0 Å². The third-order valence-electron chi connectivity index (χ3n) is 4.03. The van der Waals surface area contributed by atoms with Gasteiger partial charge >= 0.3 is 0 Å². The number of amides is 1. The third-order valence-corrected chi connectivity index (χ3v) is 4.03. The molecule has 3 N–H and O–H groups in total. The average molecular weight is 391 g/mol. The van der Waals surface area contributed by atoms with Crippen LogP contribution in [0.25, 0.3) is 0 Å². The highest BCUT2D eigenvalue weighted by atomic mass is 16.5. The molecule has 1 heterocycles. The lowest BCUT2D eigenvalue weighted by Crippen LogP contribution is -2.15. The van der Waals surface area contributed by atoms with Gasteiger partial charge in [-0.05, 0) is 49.2 Å². The van der Waals surface area contributed by atoms with Crippen LogP contribution < -0.4 is 20.5 Å². The summed E-state index contributed by atoms with van der Waals surface area (Å²) in [4.78, 5) is 16.6. The van der Waals surface area contributed by atoms with E-state index in [9.17, 15) is 4.79 Å². The van der Waals surface area contributed by atoms with Crippen molar-refractivity contribution in [2.45, 2.75) is 20.8 Å². The standard InChI is InChI=1S/C23H25N3O3/c1-15(2)14-28-18-7-5-9-20(13-18)29-19-8-4-6-17(12-19)26-23(27)21-11-10-16(3)25-22(21)24/h4-13,15H,14H2,1-3H3,(H2,24,25)(H,26,27). The number of anilines is 2. The SMILES string of the molecule is Cc1ccc(C(=O)Nc2cccc(Oc3cccc(OCC(C)C)c3)c2)c(N)n1. The molecule has 3 rings (SSSR count). The molecular formula is C23H25N3O3. The second kappa shape index (κ2) is 9.10. The van der Waals surface area contributed by atoms with Crippen molar-refractivity contribution in [2.75, 3.05) is 17.7 Å². The van der Waals surface area contributed by atoms with Crippen LogP contribution in [-0.2, 0) is 0 Å². The molecule has 1 aromatic heterocycles. The zero-order valence-electron chi connectivity index (χ0n) is 16.8. The van der Waals surface area contributed by atoms with Crippen LogP contribution in [0.4, 0.5) is 11.5 Å². The molecular weight excluding hydrogens is 366 g/mol. The van der Waals surface area contributed by atoms with E-state index in [1.165, 1.54) is 0 Å². The molecule has 0 spiro atoms. The Labute approximate surface area is 170 Å². The number of hydrogen-bond acceptors (Lipinski definition) is 5. The number of nitrogens with one attached hydrogen (secondary N) is 1. The fourth-order valence-corrected chi connectivity index (χ4v) is 2.63. The Kier molecular flexibility index (Phi) is 6.34. The number of hydrogen-bond donors (Lipinski definition) is 2. The van der Waals surface area contributed by atoms with Crippen LogP contribution in [0.1, 0.15) is 29.9 Å². The van der Waals surface area contributed by atoms with Gasteiger partial charge < -0.3 is 20.5 Å². The van der Waals surface area contributed by atoms with E-state index < -0.39 is 0 Å². The minimum absolute atomic E-state index is 0.202. The Morgan fingerprint density at radius 2 is 1.72 bits per heavy atom.